The Balaban J connectivity index is 2.12. The smallest absolute Gasteiger partial charge is 0.387 e. The number of nitrogens with zero attached hydrogens (tertiary/aromatic N) is 4. The Bertz CT molecular complexity index is 1230. The van der Waals surface area contributed by atoms with E-state index < -0.39 is 6.61 Å². The van der Waals surface area contributed by atoms with Crippen LogP contribution in [0.4, 0.5) is 8.78 Å². The normalized spacial score (nSPS) is 11.4. The van der Waals surface area contributed by atoms with Crippen LogP contribution in [0, 0.1) is 6.92 Å². The number of aromatic nitrogens is 4. The summed E-state index contributed by atoms with van der Waals surface area (Å²) >= 11 is 6.19. The Kier molecular flexibility index (Phi) is 4.83. The molecule has 0 spiro atoms. The van der Waals surface area contributed by atoms with Crippen molar-refractivity contribution in [1.29, 1.82) is 0 Å². The molecule has 2 aromatic heterocycles. The van der Waals surface area contributed by atoms with Gasteiger partial charge in [0.2, 0.25) is 0 Å². The van der Waals surface area contributed by atoms with E-state index in [4.69, 9.17) is 21.1 Å². The number of alkyl halides is 2. The quantitative estimate of drug-likeness (QED) is 0.472. The molecule has 0 bridgehead atoms. The third-order valence-corrected chi connectivity index (χ3v) is 4.62. The van der Waals surface area contributed by atoms with Gasteiger partial charge in [-0.25, -0.2) is 4.98 Å². The van der Waals surface area contributed by atoms with E-state index in [1.54, 1.807) is 29.5 Å². The maximum atomic E-state index is 12.8. The van der Waals surface area contributed by atoms with Gasteiger partial charge in [0.25, 0.3) is 0 Å². The number of methoxy groups -OCH3 is 2. The molecule has 0 N–H and O–H groups in total. The summed E-state index contributed by atoms with van der Waals surface area (Å²) in [5, 5.41) is 8.92. The third kappa shape index (κ3) is 3.27. The van der Waals surface area contributed by atoms with Crippen molar-refractivity contribution in [2.24, 2.45) is 0 Å². The molecule has 150 valence electrons. The van der Waals surface area contributed by atoms with E-state index in [-0.39, 0.29) is 11.5 Å². The highest BCUT2D eigenvalue weighted by Gasteiger charge is 2.21. The summed E-state index contributed by atoms with van der Waals surface area (Å²) < 4.78 is 42.7. The van der Waals surface area contributed by atoms with Crippen LogP contribution in [-0.4, -0.2) is 40.4 Å². The molecule has 0 aliphatic heterocycles. The Labute approximate surface area is 168 Å². The number of halogens is 3. The minimum absolute atomic E-state index is 0.0750. The van der Waals surface area contributed by atoms with Gasteiger partial charge < -0.3 is 14.2 Å². The van der Waals surface area contributed by atoms with Gasteiger partial charge in [0.05, 0.1) is 31.0 Å². The summed E-state index contributed by atoms with van der Waals surface area (Å²) in [6, 6.07) is 7.89. The van der Waals surface area contributed by atoms with Crippen LogP contribution in [0.1, 0.15) is 5.69 Å². The molecule has 4 aromatic rings. The first-order chi connectivity index (χ1) is 13.9. The van der Waals surface area contributed by atoms with Crippen molar-refractivity contribution >= 4 is 28.3 Å². The fourth-order valence-electron chi connectivity index (χ4n) is 3.17. The molecule has 0 radical (unpaired) electrons. The number of hydrogen-bond donors (Lipinski definition) is 0. The molecule has 0 unspecified atom stereocenters. The average Bonchev–Trinajstić information content (AvgIpc) is 3.03. The van der Waals surface area contributed by atoms with Gasteiger partial charge in [0.15, 0.2) is 16.9 Å². The Morgan fingerprint density at radius 1 is 1.03 bits per heavy atom. The molecule has 0 saturated heterocycles. The summed E-state index contributed by atoms with van der Waals surface area (Å²) in [4.78, 5) is 4.60. The van der Waals surface area contributed by atoms with E-state index in [0.717, 1.165) is 0 Å². The van der Waals surface area contributed by atoms with Crippen LogP contribution in [0.5, 0.6) is 17.2 Å². The Morgan fingerprint density at radius 2 is 1.79 bits per heavy atom. The lowest BCUT2D eigenvalue weighted by molar-refractivity contribution is -0.0498. The SMILES string of the molecule is COc1ccc(Cl)cc1-c1nc(C)c2nnc3c(OC)cc(OC(F)F)cc3n12. The average molecular weight is 421 g/mol. The Hall–Kier alpha value is -3.20. The van der Waals surface area contributed by atoms with Crippen molar-refractivity contribution in [3.8, 4) is 28.6 Å². The van der Waals surface area contributed by atoms with Crippen molar-refractivity contribution in [3.63, 3.8) is 0 Å². The van der Waals surface area contributed by atoms with Crippen molar-refractivity contribution in [1.82, 2.24) is 19.6 Å². The largest absolute Gasteiger partial charge is 0.496 e. The number of aryl methyl sites for hydroxylation is 1. The van der Waals surface area contributed by atoms with Crippen LogP contribution in [0.2, 0.25) is 5.02 Å². The van der Waals surface area contributed by atoms with Crippen LogP contribution in [-0.2, 0) is 0 Å². The van der Waals surface area contributed by atoms with Crippen LogP contribution in [0.15, 0.2) is 30.3 Å². The summed E-state index contributed by atoms with van der Waals surface area (Å²) in [6.07, 6.45) is 0. The van der Waals surface area contributed by atoms with Crippen molar-refractivity contribution in [2.45, 2.75) is 13.5 Å². The number of imidazole rings is 1. The molecule has 29 heavy (non-hydrogen) atoms. The predicted octanol–water partition coefficient (Wildman–Crippen LogP) is 4.52. The second kappa shape index (κ2) is 7.32. The maximum absolute atomic E-state index is 12.8. The molecular formula is C19H15ClF2N4O3. The number of rotatable bonds is 5. The van der Waals surface area contributed by atoms with Gasteiger partial charge in [0, 0.05) is 17.2 Å². The van der Waals surface area contributed by atoms with E-state index in [2.05, 4.69) is 19.9 Å². The van der Waals surface area contributed by atoms with E-state index in [1.165, 1.54) is 26.4 Å². The fourth-order valence-corrected chi connectivity index (χ4v) is 3.34. The topological polar surface area (TPSA) is 70.8 Å². The second-order valence-corrected chi connectivity index (χ2v) is 6.53. The number of benzene rings is 2. The molecule has 7 nitrogen and oxygen atoms in total. The highest BCUT2D eigenvalue weighted by atomic mass is 35.5. The fraction of sp³-hybridized carbons (Fsp3) is 0.211. The van der Waals surface area contributed by atoms with Gasteiger partial charge >= 0.3 is 6.61 Å². The molecule has 0 aliphatic rings. The molecular weight excluding hydrogens is 406 g/mol. The number of hydrogen-bond acceptors (Lipinski definition) is 6. The zero-order valence-electron chi connectivity index (χ0n) is 15.6. The molecule has 0 aliphatic carbocycles. The van der Waals surface area contributed by atoms with Crippen LogP contribution in [0.25, 0.3) is 28.1 Å². The van der Waals surface area contributed by atoms with Crippen LogP contribution >= 0.6 is 11.6 Å². The first-order valence-electron chi connectivity index (χ1n) is 8.45. The summed E-state index contributed by atoms with van der Waals surface area (Å²) in [5.74, 6) is 1.17. The summed E-state index contributed by atoms with van der Waals surface area (Å²) in [5.41, 5.74) is 2.45. The molecule has 2 aromatic carbocycles. The zero-order chi connectivity index (χ0) is 20.7. The predicted molar refractivity (Wildman–Crippen MR) is 103 cm³/mol. The lowest BCUT2D eigenvalue weighted by Gasteiger charge is -2.12. The highest BCUT2D eigenvalue weighted by molar-refractivity contribution is 6.31. The van der Waals surface area contributed by atoms with Gasteiger partial charge in [-0.3, -0.25) is 4.40 Å². The first-order valence-corrected chi connectivity index (χ1v) is 8.83. The molecule has 0 fully saturated rings. The van der Waals surface area contributed by atoms with Crippen LogP contribution in [0.3, 0.4) is 0 Å². The van der Waals surface area contributed by atoms with Crippen molar-refractivity contribution in [2.75, 3.05) is 14.2 Å². The minimum Gasteiger partial charge on any atom is -0.496 e. The van der Waals surface area contributed by atoms with Crippen LogP contribution < -0.4 is 14.2 Å². The van der Waals surface area contributed by atoms with Gasteiger partial charge in [-0.15, -0.1) is 10.2 Å². The van der Waals surface area contributed by atoms with Crippen molar-refractivity contribution < 1.29 is 23.0 Å². The molecule has 0 saturated carbocycles. The van der Waals surface area contributed by atoms with E-state index in [0.29, 0.717) is 44.5 Å². The number of fused-ring (bicyclic) bond motifs is 3. The van der Waals surface area contributed by atoms with Gasteiger partial charge in [-0.05, 0) is 25.1 Å². The molecule has 4 rings (SSSR count). The lowest BCUT2D eigenvalue weighted by Crippen LogP contribution is -2.04. The van der Waals surface area contributed by atoms with Gasteiger partial charge in [-0.2, -0.15) is 8.78 Å². The maximum Gasteiger partial charge on any atom is 0.387 e. The van der Waals surface area contributed by atoms with E-state index in [9.17, 15) is 8.78 Å². The monoisotopic (exact) mass is 420 g/mol. The third-order valence-electron chi connectivity index (χ3n) is 4.38. The first kappa shape index (κ1) is 19.1. The lowest BCUT2D eigenvalue weighted by atomic mass is 10.2. The van der Waals surface area contributed by atoms with Gasteiger partial charge in [-0.1, -0.05) is 11.6 Å². The highest BCUT2D eigenvalue weighted by Crippen LogP contribution is 2.36. The Morgan fingerprint density at radius 3 is 2.48 bits per heavy atom. The zero-order valence-corrected chi connectivity index (χ0v) is 16.4. The molecule has 0 amide bonds. The standard InChI is InChI=1S/C19H15ClF2N4O3/c1-9-17-25-24-16-13(7-11(29-19(21)22)8-15(16)28-3)26(17)18(23-9)12-6-10(20)4-5-14(12)27-2/h4-8,19H,1-3H3. The number of ether oxygens (including phenoxy) is 3. The molecule has 0 atom stereocenters. The molecule has 10 heteroatoms. The minimum atomic E-state index is -2.99. The van der Waals surface area contributed by atoms with E-state index in [1.807, 2.05) is 0 Å². The van der Waals surface area contributed by atoms with Gasteiger partial charge in [0.1, 0.15) is 17.3 Å². The van der Waals surface area contributed by atoms with E-state index >= 15 is 0 Å². The van der Waals surface area contributed by atoms with Crippen molar-refractivity contribution in [3.05, 3.63) is 41.0 Å². The summed E-state index contributed by atoms with van der Waals surface area (Å²) in [7, 11) is 2.94. The summed E-state index contributed by atoms with van der Waals surface area (Å²) in [6.45, 7) is -1.22. The molecule has 2 heterocycles. The second-order valence-electron chi connectivity index (χ2n) is 6.10.